The van der Waals surface area contributed by atoms with E-state index < -0.39 is 0 Å². The fourth-order valence-corrected chi connectivity index (χ4v) is 3.41. The number of nitrogens with one attached hydrogen (secondary N) is 1. The first kappa shape index (κ1) is 15.5. The molecular weight excluding hydrogens is 302 g/mol. The largest absolute Gasteiger partial charge is 0.348 e. The lowest BCUT2D eigenvalue weighted by molar-refractivity contribution is 0.0951. The van der Waals surface area contributed by atoms with E-state index in [1.807, 2.05) is 38.1 Å². The average molecular weight is 321 g/mol. The molecule has 0 saturated carbocycles. The van der Waals surface area contributed by atoms with Crippen molar-refractivity contribution in [2.45, 2.75) is 20.4 Å². The van der Waals surface area contributed by atoms with Crippen LogP contribution in [0.4, 0.5) is 0 Å². The zero-order valence-corrected chi connectivity index (χ0v) is 14.1. The van der Waals surface area contributed by atoms with Gasteiger partial charge in [0.05, 0.1) is 0 Å². The summed E-state index contributed by atoms with van der Waals surface area (Å²) in [6.07, 6.45) is 0. The number of thiophene rings is 1. The molecule has 0 aliphatic carbocycles. The van der Waals surface area contributed by atoms with Crippen molar-refractivity contribution < 1.29 is 4.79 Å². The van der Waals surface area contributed by atoms with Gasteiger partial charge in [-0.25, -0.2) is 0 Å². The maximum absolute atomic E-state index is 12.4. The van der Waals surface area contributed by atoms with Gasteiger partial charge in [0.1, 0.15) is 0 Å². The van der Waals surface area contributed by atoms with Crippen LogP contribution in [0.5, 0.6) is 0 Å². The summed E-state index contributed by atoms with van der Waals surface area (Å²) in [7, 11) is 0. The second-order valence-corrected chi connectivity index (χ2v) is 6.51. The molecule has 2 nitrogen and oxygen atoms in total. The first-order valence-corrected chi connectivity index (χ1v) is 8.55. The van der Waals surface area contributed by atoms with Crippen LogP contribution in [-0.2, 0) is 6.54 Å². The Morgan fingerprint density at radius 2 is 1.78 bits per heavy atom. The number of amides is 1. The van der Waals surface area contributed by atoms with E-state index in [0.29, 0.717) is 6.54 Å². The van der Waals surface area contributed by atoms with Gasteiger partial charge in [-0.3, -0.25) is 4.79 Å². The molecule has 0 saturated heterocycles. The minimum atomic E-state index is -0.0306. The third kappa shape index (κ3) is 3.69. The molecule has 1 amide bonds. The summed E-state index contributed by atoms with van der Waals surface area (Å²) < 4.78 is 0. The molecule has 0 radical (unpaired) electrons. The van der Waals surface area contributed by atoms with Gasteiger partial charge >= 0.3 is 0 Å². The van der Waals surface area contributed by atoms with E-state index in [-0.39, 0.29) is 5.91 Å². The van der Waals surface area contributed by atoms with Crippen molar-refractivity contribution in [2.24, 2.45) is 0 Å². The van der Waals surface area contributed by atoms with E-state index in [9.17, 15) is 4.79 Å². The molecule has 23 heavy (non-hydrogen) atoms. The van der Waals surface area contributed by atoms with Crippen molar-refractivity contribution in [3.8, 4) is 11.1 Å². The summed E-state index contributed by atoms with van der Waals surface area (Å²) in [5.74, 6) is -0.0306. The van der Waals surface area contributed by atoms with E-state index >= 15 is 0 Å². The monoisotopic (exact) mass is 321 g/mol. The zero-order valence-electron chi connectivity index (χ0n) is 13.3. The van der Waals surface area contributed by atoms with Crippen LogP contribution in [-0.4, -0.2) is 5.91 Å². The second kappa shape index (κ2) is 6.80. The molecule has 3 heteroatoms. The molecular formula is C20H19NOS. The topological polar surface area (TPSA) is 29.1 Å². The van der Waals surface area contributed by atoms with E-state index in [1.54, 1.807) is 11.3 Å². The summed E-state index contributed by atoms with van der Waals surface area (Å²) in [4.78, 5) is 12.4. The minimum Gasteiger partial charge on any atom is -0.348 e. The van der Waals surface area contributed by atoms with E-state index in [2.05, 4.69) is 40.3 Å². The highest BCUT2D eigenvalue weighted by Gasteiger charge is 2.09. The molecule has 1 N–H and O–H groups in total. The SMILES string of the molecule is Cc1cc(C)cc(C(=O)NCc2ccccc2-c2ccsc2)c1. The lowest BCUT2D eigenvalue weighted by Crippen LogP contribution is -2.23. The van der Waals surface area contributed by atoms with Crippen LogP contribution in [0.1, 0.15) is 27.0 Å². The Balaban J connectivity index is 1.77. The summed E-state index contributed by atoms with van der Waals surface area (Å²) in [6, 6.07) is 16.2. The highest BCUT2D eigenvalue weighted by Crippen LogP contribution is 2.25. The fourth-order valence-electron chi connectivity index (χ4n) is 2.76. The Morgan fingerprint density at radius 1 is 1.04 bits per heavy atom. The van der Waals surface area contributed by atoms with Crippen LogP contribution >= 0.6 is 11.3 Å². The standard InChI is InChI=1S/C20H19NOS/c1-14-9-15(2)11-18(10-14)20(22)21-12-16-5-3-4-6-19(16)17-7-8-23-13-17/h3-11,13H,12H2,1-2H3,(H,21,22). The molecule has 3 rings (SSSR count). The Labute approximate surface area is 140 Å². The molecule has 0 bridgehead atoms. The molecule has 116 valence electrons. The third-order valence-electron chi connectivity index (χ3n) is 3.77. The number of rotatable bonds is 4. The first-order valence-electron chi connectivity index (χ1n) is 7.60. The van der Waals surface area contributed by atoms with E-state index in [1.165, 1.54) is 11.1 Å². The predicted molar refractivity (Wildman–Crippen MR) is 96.8 cm³/mol. The molecule has 0 aliphatic rings. The molecule has 2 aromatic carbocycles. The summed E-state index contributed by atoms with van der Waals surface area (Å²) >= 11 is 1.68. The van der Waals surface area contributed by atoms with Crippen molar-refractivity contribution in [3.05, 3.63) is 81.5 Å². The first-order chi connectivity index (χ1) is 11.1. The quantitative estimate of drug-likeness (QED) is 0.723. The number of carbonyl (C=O) groups is 1. The summed E-state index contributed by atoms with van der Waals surface area (Å²) in [6.45, 7) is 4.54. The maximum atomic E-state index is 12.4. The molecule has 0 spiro atoms. The Hall–Kier alpha value is -2.39. The molecule has 0 fully saturated rings. The molecule has 1 aromatic heterocycles. The summed E-state index contributed by atoms with van der Waals surface area (Å²) in [5, 5.41) is 7.24. The number of benzene rings is 2. The smallest absolute Gasteiger partial charge is 0.251 e. The van der Waals surface area contributed by atoms with Gasteiger partial charge in [-0.15, -0.1) is 0 Å². The maximum Gasteiger partial charge on any atom is 0.251 e. The lowest BCUT2D eigenvalue weighted by atomic mass is 10.0. The van der Waals surface area contributed by atoms with E-state index in [0.717, 1.165) is 22.3 Å². The van der Waals surface area contributed by atoms with Gasteiger partial charge < -0.3 is 5.32 Å². The van der Waals surface area contributed by atoms with Crippen molar-refractivity contribution in [1.82, 2.24) is 5.32 Å². The minimum absolute atomic E-state index is 0.0306. The Morgan fingerprint density at radius 3 is 2.48 bits per heavy atom. The van der Waals surface area contributed by atoms with Crippen molar-refractivity contribution in [2.75, 3.05) is 0 Å². The van der Waals surface area contributed by atoms with Crippen LogP contribution < -0.4 is 5.32 Å². The Kier molecular flexibility index (Phi) is 4.58. The second-order valence-electron chi connectivity index (χ2n) is 5.73. The fraction of sp³-hybridized carbons (Fsp3) is 0.150. The molecule has 0 aliphatic heterocycles. The molecule has 0 unspecified atom stereocenters. The number of aryl methyl sites for hydroxylation is 2. The van der Waals surface area contributed by atoms with Gasteiger partial charge in [-0.1, -0.05) is 41.5 Å². The normalized spacial score (nSPS) is 10.5. The summed E-state index contributed by atoms with van der Waals surface area (Å²) in [5.41, 5.74) is 6.43. The van der Waals surface area contributed by atoms with Crippen molar-refractivity contribution in [1.29, 1.82) is 0 Å². The predicted octanol–water partition coefficient (Wildman–Crippen LogP) is 4.96. The molecule has 3 aromatic rings. The Bertz CT molecular complexity index is 801. The van der Waals surface area contributed by atoms with Gasteiger partial charge in [-0.2, -0.15) is 11.3 Å². The van der Waals surface area contributed by atoms with Crippen molar-refractivity contribution >= 4 is 17.2 Å². The zero-order chi connectivity index (χ0) is 16.2. The third-order valence-corrected chi connectivity index (χ3v) is 4.46. The molecule has 0 atom stereocenters. The van der Waals surface area contributed by atoms with Crippen LogP contribution in [0.2, 0.25) is 0 Å². The highest BCUT2D eigenvalue weighted by molar-refractivity contribution is 7.08. The van der Waals surface area contributed by atoms with Crippen LogP contribution in [0.15, 0.2) is 59.3 Å². The van der Waals surface area contributed by atoms with Gasteiger partial charge in [-0.05, 0) is 59.5 Å². The number of hydrogen-bond acceptors (Lipinski definition) is 2. The lowest BCUT2D eigenvalue weighted by Gasteiger charge is -2.11. The number of carbonyl (C=O) groups excluding carboxylic acids is 1. The van der Waals surface area contributed by atoms with E-state index in [4.69, 9.17) is 0 Å². The van der Waals surface area contributed by atoms with Crippen LogP contribution in [0.3, 0.4) is 0 Å². The van der Waals surface area contributed by atoms with Gasteiger partial charge in [0.2, 0.25) is 0 Å². The van der Waals surface area contributed by atoms with Crippen molar-refractivity contribution in [3.63, 3.8) is 0 Å². The highest BCUT2D eigenvalue weighted by atomic mass is 32.1. The molecule has 1 heterocycles. The van der Waals surface area contributed by atoms with Crippen LogP contribution in [0.25, 0.3) is 11.1 Å². The van der Waals surface area contributed by atoms with Crippen LogP contribution in [0, 0.1) is 13.8 Å². The van der Waals surface area contributed by atoms with Gasteiger partial charge in [0, 0.05) is 12.1 Å². The number of hydrogen-bond donors (Lipinski definition) is 1. The van der Waals surface area contributed by atoms with Gasteiger partial charge in [0.25, 0.3) is 5.91 Å². The average Bonchev–Trinajstić information content (AvgIpc) is 3.06. The van der Waals surface area contributed by atoms with Gasteiger partial charge in [0.15, 0.2) is 0 Å².